The van der Waals surface area contributed by atoms with Crippen molar-refractivity contribution in [1.82, 2.24) is 0 Å². The van der Waals surface area contributed by atoms with Gasteiger partial charge in [-0.25, -0.2) is 0 Å². The Bertz CT molecular complexity index is 109. The molecule has 0 saturated carbocycles. The summed E-state index contributed by atoms with van der Waals surface area (Å²) >= 11 is 0. The molecule has 0 aromatic rings. The lowest BCUT2D eigenvalue weighted by atomic mass is 10.7. The van der Waals surface area contributed by atoms with Crippen molar-refractivity contribution in [3.8, 4) is 0 Å². The van der Waals surface area contributed by atoms with Gasteiger partial charge in [0.25, 0.3) is 0 Å². The lowest BCUT2D eigenvalue weighted by Gasteiger charge is -2.11. The predicted octanol–water partition coefficient (Wildman–Crippen LogP) is 1.46. The molecule has 0 amide bonds. The topological polar surface area (TPSA) is 26.0 Å². The second kappa shape index (κ2) is 4.87. The van der Waals surface area contributed by atoms with Crippen LogP contribution in [-0.2, 0) is 0 Å². The van der Waals surface area contributed by atoms with Gasteiger partial charge in [-0.2, -0.15) is 0 Å². The first-order chi connectivity index (χ1) is 4.59. The third-order valence-corrected chi connectivity index (χ3v) is 6.96. The summed E-state index contributed by atoms with van der Waals surface area (Å²) in [4.78, 5) is 1.68. The lowest BCUT2D eigenvalue weighted by Crippen LogP contribution is -2.20. The van der Waals surface area contributed by atoms with Crippen molar-refractivity contribution < 1.29 is 0 Å². The molecule has 0 heterocycles. The summed E-state index contributed by atoms with van der Waals surface area (Å²) in [5.41, 5.74) is 5.46. The van der Waals surface area contributed by atoms with Gasteiger partial charge in [0.2, 0.25) is 0 Å². The third kappa shape index (κ3) is 3.34. The summed E-state index contributed by atoms with van der Waals surface area (Å²) in [6.45, 7) is 10.1. The Kier molecular flexibility index (Phi) is 4.94. The maximum atomic E-state index is 5.46. The zero-order valence-electron chi connectivity index (χ0n) is 7.36. The number of nitrogens with two attached hydrogens (primary N) is 1. The molecule has 0 aromatic heterocycles. The maximum Gasteiger partial charge on any atom is 0.0681 e. The van der Waals surface area contributed by atoms with E-state index in [0.29, 0.717) is 0 Å². The summed E-state index contributed by atoms with van der Waals surface area (Å²) in [5, 5.41) is 0. The first kappa shape index (κ1) is 10.1. The van der Waals surface area contributed by atoms with Gasteiger partial charge in [-0.1, -0.05) is 37.1 Å². The fraction of sp³-hybridized carbons (Fsp3) is 0.714. The van der Waals surface area contributed by atoms with Crippen LogP contribution in [0.5, 0.6) is 0 Å². The largest absolute Gasteiger partial charge is 0.327 e. The van der Waals surface area contributed by atoms with E-state index in [1.165, 1.54) is 0 Å². The van der Waals surface area contributed by atoms with E-state index in [-0.39, 0.29) is 17.6 Å². The summed E-state index contributed by atoms with van der Waals surface area (Å²) in [5.74, 6) is 0. The average molecular weight is 171 g/mol. The van der Waals surface area contributed by atoms with Crippen molar-refractivity contribution in [1.29, 1.82) is 0 Å². The first-order valence-electron chi connectivity index (χ1n) is 3.61. The van der Waals surface area contributed by atoms with E-state index in [1.54, 1.807) is 4.82 Å². The zero-order chi connectivity index (χ0) is 8.15. The fourth-order valence-electron chi connectivity index (χ4n) is 1.03. The number of hydrogen-bond acceptors (Lipinski definition) is 1. The first-order valence-corrected chi connectivity index (χ1v) is 8.61. The zero-order valence-corrected chi connectivity index (χ0v) is 9.36. The van der Waals surface area contributed by atoms with Crippen LogP contribution < -0.4 is 5.73 Å². The van der Waals surface area contributed by atoms with Gasteiger partial charge in [0.05, 0.1) is 17.6 Å². The summed E-state index contributed by atoms with van der Waals surface area (Å²) in [6, 6.07) is 0. The molecule has 0 aliphatic heterocycles. The second-order valence-electron chi connectivity index (χ2n) is 2.85. The van der Waals surface area contributed by atoms with Crippen molar-refractivity contribution in [3.63, 3.8) is 0 Å². The molecular formula is C7H17NSi2. The highest BCUT2D eigenvalue weighted by Crippen LogP contribution is 2.04. The van der Waals surface area contributed by atoms with Crippen molar-refractivity contribution in [3.05, 3.63) is 10.9 Å². The van der Waals surface area contributed by atoms with E-state index in [2.05, 4.69) is 32.3 Å². The molecule has 58 valence electrons. The van der Waals surface area contributed by atoms with Gasteiger partial charge in [0.15, 0.2) is 0 Å². The summed E-state index contributed by atoms with van der Waals surface area (Å²) < 4.78 is 0. The van der Waals surface area contributed by atoms with Gasteiger partial charge in [-0.05, 0) is 0 Å². The molecule has 0 bridgehead atoms. The quantitative estimate of drug-likeness (QED) is 0.639. The van der Waals surface area contributed by atoms with E-state index in [1.807, 2.05) is 0 Å². The monoisotopic (exact) mass is 171 g/mol. The Morgan fingerprint density at radius 1 is 1.20 bits per heavy atom. The van der Waals surface area contributed by atoms with E-state index in [4.69, 9.17) is 5.73 Å². The number of rotatable bonds is 3. The molecule has 0 aliphatic carbocycles. The smallest absolute Gasteiger partial charge is 0.0681 e. The van der Waals surface area contributed by atoms with Crippen LogP contribution in [0.15, 0.2) is 10.9 Å². The molecule has 0 spiro atoms. The molecule has 0 aromatic carbocycles. The molecule has 0 atom stereocenters. The van der Waals surface area contributed by atoms with Crippen molar-refractivity contribution >= 4 is 17.6 Å². The molecule has 10 heavy (non-hydrogen) atoms. The van der Waals surface area contributed by atoms with Crippen LogP contribution in [0.2, 0.25) is 26.2 Å². The highest BCUT2D eigenvalue weighted by molar-refractivity contribution is 6.86. The van der Waals surface area contributed by atoms with Crippen LogP contribution in [-0.4, -0.2) is 24.1 Å². The van der Waals surface area contributed by atoms with Gasteiger partial charge in [-0.15, -0.1) is 0 Å². The van der Waals surface area contributed by atoms with Crippen molar-refractivity contribution in [2.75, 3.05) is 6.54 Å². The molecule has 2 radical (unpaired) electrons. The predicted molar refractivity (Wildman–Crippen MR) is 52.1 cm³/mol. The van der Waals surface area contributed by atoms with Crippen molar-refractivity contribution in [2.45, 2.75) is 26.2 Å². The van der Waals surface area contributed by atoms with Gasteiger partial charge >= 0.3 is 0 Å². The van der Waals surface area contributed by atoms with E-state index in [9.17, 15) is 0 Å². The van der Waals surface area contributed by atoms with Crippen LogP contribution in [0.1, 0.15) is 0 Å². The van der Waals surface area contributed by atoms with Gasteiger partial charge in [0, 0.05) is 6.54 Å². The van der Waals surface area contributed by atoms with E-state index in [0.717, 1.165) is 6.54 Å². The molecule has 0 saturated heterocycles. The van der Waals surface area contributed by atoms with Crippen LogP contribution in [0.4, 0.5) is 0 Å². The van der Waals surface area contributed by atoms with Crippen molar-refractivity contribution in [2.24, 2.45) is 5.73 Å². The molecule has 0 rings (SSSR count). The molecule has 0 fully saturated rings. The second-order valence-corrected chi connectivity index (χ2v) is 8.43. The number of hydrogen-bond donors (Lipinski definition) is 1. The Hall–Kier alpha value is 0.134. The molecule has 1 nitrogen and oxygen atoms in total. The van der Waals surface area contributed by atoms with E-state index < -0.39 is 0 Å². The summed E-state index contributed by atoms with van der Waals surface area (Å²) in [7, 11) is -0.417. The minimum absolute atomic E-state index is 0.209. The lowest BCUT2D eigenvalue weighted by molar-refractivity contribution is 1.25. The molecule has 2 N–H and O–H groups in total. The minimum Gasteiger partial charge on any atom is -0.327 e. The standard InChI is InChI=1S/C7H17NSi2/c1-9(2)7(5-6-8)10(3)4/h5H,6,8H2,1-4H3. The average Bonchev–Trinajstić information content (AvgIpc) is 1.81. The normalized spacial score (nSPS) is 10.7. The Labute approximate surface area is 67.5 Å². The molecule has 3 heteroatoms. The van der Waals surface area contributed by atoms with Gasteiger partial charge in [-0.3, -0.25) is 0 Å². The molecular weight excluding hydrogens is 154 g/mol. The van der Waals surface area contributed by atoms with Gasteiger partial charge in [0.1, 0.15) is 0 Å². The van der Waals surface area contributed by atoms with Crippen LogP contribution >= 0.6 is 0 Å². The molecule has 0 unspecified atom stereocenters. The summed E-state index contributed by atoms with van der Waals surface area (Å²) in [6.07, 6.45) is 2.22. The van der Waals surface area contributed by atoms with Crippen LogP contribution in [0.3, 0.4) is 0 Å². The van der Waals surface area contributed by atoms with Gasteiger partial charge < -0.3 is 5.73 Å². The van der Waals surface area contributed by atoms with Crippen LogP contribution in [0, 0.1) is 0 Å². The Morgan fingerprint density at radius 3 is 1.70 bits per heavy atom. The maximum absolute atomic E-state index is 5.46. The van der Waals surface area contributed by atoms with E-state index >= 15 is 0 Å². The third-order valence-electron chi connectivity index (χ3n) is 1.40. The minimum atomic E-state index is -0.209. The fourth-order valence-corrected chi connectivity index (χ4v) is 6.08. The molecule has 0 aliphatic rings. The Balaban J connectivity index is 4.12. The van der Waals surface area contributed by atoms with Crippen LogP contribution in [0.25, 0.3) is 0 Å². The highest BCUT2D eigenvalue weighted by atomic mass is 28.3. The highest BCUT2D eigenvalue weighted by Gasteiger charge is 2.08. The Morgan fingerprint density at radius 2 is 1.60 bits per heavy atom. The SMILES string of the molecule is C[Si](C)C(=CCN)[Si](C)C.